The summed E-state index contributed by atoms with van der Waals surface area (Å²) < 4.78 is 10.5. The lowest BCUT2D eigenvalue weighted by atomic mass is 10.2. The monoisotopic (exact) mass is 283 g/mol. The molecule has 1 aliphatic rings. The summed E-state index contributed by atoms with van der Waals surface area (Å²) in [4.78, 5) is 25.5. The van der Waals surface area contributed by atoms with Crippen LogP contribution in [-0.4, -0.2) is 41.8 Å². The standard InChI is InChI=1S/C15H25NO4/c1-11(2)8-10-19-13(17)12-7-6-9-16(12)14(18)20-15(3,4)5/h8,12H,6-7,9-10H2,1-5H3/t12-/m0/s1. The largest absolute Gasteiger partial charge is 0.460 e. The van der Waals surface area contributed by atoms with Gasteiger partial charge in [0.05, 0.1) is 0 Å². The number of amides is 1. The average Bonchev–Trinajstić information content (AvgIpc) is 2.74. The third kappa shape index (κ3) is 5.23. The van der Waals surface area contributed by atoms with Crippen LogP contribution in [0.1, 0.15) is 47.5 Å². The minimum Gasteiger partial charge on any atom is -0.460 e. The molecule has 0 radical (unpaired) electrons. The smallest absolute Gasteiger partial charge is 0.411 e. The van der Waals surface area contributed by atoms with Gasteiger partial charge in [0.25, 0.3) is 0 Å². The van der Waals surface area contributed by atoms with Gasteiger partial charge < -0.3 is 9.47 Å². The van der Waals surface area contributed by atoms with Crippen LogP contribution in [0.2, 0.25) is 0 Å². The first-order valence-electron chi connectivity index (χ1n) is 7.00. The molecule has 0 aromatic heterocycles. The molecule has 0 N–H and O–H groups in total. The predicted molar refractivity (Wildman–Crippen MR) is 76.4 cm³/mol. The molecule has 0 spiro atoms. The van der Waals surface area contributed by atoms with Crippen LogP contribution >= 0.6 is 0 Å². The van der Waals surface area contributed by atoms with E-state index in [9.17, 15) is 9.59 Å². The number of likely N-dealkylation sites (tertiary alicyclic amines) is 1. The van der Waals surface area contributed by atoms with Crippen LogP contribution in [0, 0.1) is 0 Å². The van der Waals surface area contributed by atoms with Gasteiger partial charge in [-0.15, -0.1) is 0 Å². The van der Waals surface area contributed by atoms with Crippen molar-refractivity contribution in [1.29, 1.82) is 0 Å². The van der Waals surface area contributed by atoms with Crippen molar-refractivity contribution < 1.29 is 19.1 Å². The highest BCUT2D eigenvalue weighted by atomic mass is 16.6. The van der Waals surface area contributed by atoms with E-state index in [-0.39, 0.29) is 12.6 Å². The van der Waals surface area contributed by atoms with Crippen molar-refractivity contribution >= 4 is 12.1 Å². The highest BCUT2D eigenvalue weighted by Crippen LogP contribution is 2.21. The van der Waals surface area contributed by atoms with Gasteiger partial charge in [0.15, 0.2) is 0 Å². The van der Waals surface area contributed by atoms with E-state index < -0.39 is 17.7 Å². The van der Waals surface area contributed by atoms with Gasteiger partial charge in [-0.25, -0.2) is 9.59 Å². The third-order valence-electron chi connectivity index (χ3n) is 2.87. The molecule has 1 saturated heterocycles. The van der Waals surface area contributed by atoms with Gasteiger partial charge in [0.2, 0.25) is 0 Å². The minimum absolute atomic E-state index is 0.250. The van der Waals surface area contributed by atoms with Crippen molar-refractivity contribution in [3.63, 3.8) is 0 Å². The molecule has 1 atom stereocenters. The molecule has 0 aromatic rings. The van der Waals surface area contributed by atoms with Gasteiger partial charge in [0.1, 0.15) is 18.2 Å². The number of esters is 1. The molecule has 1 heterocycles. The molecule has 114 valence electrons. The molecule has 1 fully saturated rings. The lowest BCUT2D eigenvalue weighted by Crippen LogP contribution is -2.44. The molecule has 1 amide bonds. The van der Waals surface area contributed by atoms with E-state index >= 15 is 0 Å². The van der Waals surface area contributed by atoms with Gasteiger partial charge in [-0.3, -0.25) is 4.90 Å². The maximum Gasteiger partial charge on any atom is 0.411 e. The molecule has 20 heavy (non-hydrogen) atoms. The SMILES string of the molecule is CC(C)=CCOC(=O)[C@@H]1CCCN1C(=O)OC(C)(C)C. The molecule has 0 bridgehead atoms. The zero-order chi connectivity index (χ0) is 15.3. The molecule has 5 heteroatoms. The highest BCUT2D eigenvalue weighted by molar-refractivity contribution is 5.82. The summed E-state index contributed by atoms with van der Waals surface area (Å²) in [5.74, 6) is -0.356. The second-order valence-corrected chi connectivity index (χ2v) is 6.24. The van der Waals surface area contributed by atoms with E-state index in [1.165, 1.54) is 4.90 Å². The first kappa shape index (κ1) is 16.5. The number of carbonyl (C=O) groups is 2. The Balaban J connectivity index is 2.58. The summed E-state index contributed by atoms with van der Waals surface area (Å²) in [7, 11) is 0. The zero-order valence-corrected chi connectivity index (χ0v) is 13.1. The molecule has 1 aliphatic heterocycles. The summed E-state index contributed by atoms with van der Waals surface area (Å²) in [5, 5.41) is 0. The highest BCUT2D eigenvalue weighted by Gasteiger charge is 2.37. The minimum atomic E-state index is -0.559. The van der Waals surface area contributed by atoms with E-state index in [0.717, 1.165) is 12.0 Å². The molecule has 0 aliphatic carbocycles. The van der Waals surface area contributed by atoms with Gasteiger partial charge in [-0.2, -0.15) is 0 Å². The maximum atomic E-state index is 12.0. The second kappa shape index (κ2) is 6.77. The van der Waals surface area contributed by atoms with E-state index in [0.29, 0.717) is 13.0 Å². The fourth-order valence-electron chi connectivity index (χ4n) is 1.94. The molecule has 5 nitrogen and oxygen atoms in total. The summed E-state index contributed by atoms with van der Waals surface area (Å²) in [6.07, 6.45) is 2.82. The van der Waals surface area contributed by atoms with Crippen LogP contribution in [0.4, 0.5) is 4.79 Å². The Kier molecular flexibility index (Phi) is 5.60. The summed E-state index contributed by atoms with van der Waals surface area (Å²) >= 11 is 0. The maximum absolute atomic E-state index is 12.0. The van der Waals surface area contributed by atoms with Crippen LogP contribution < -0.4 is 0 Å². The van der Waals surface area contributed by atoms with Crippen molar-refractivity contribution in [2.45, 2.75) is 59.1 Å². The Bertz CT molecular complexity index is 391. The topological polar surface area (TPSA) is 55.8 Å². The molecule has 0 aromatic carbocycles. The van der Waals surface area contributed by atoms with Crippen molar-refractivity contribution in [3.05, 3.63) is 11.6 Å². The number of hydrogen-bond donors (Lipinski definition) is 0. The first-order valence-corrected chi connectivity index (χ1v) is 7.00. The van der Waals surface area contributed by atoms with Crippen molar-refractivity contribution in [2.75, 3.05) is 13.2 Å². The lowest BCUT2D eigenvalue weighted by Gasteiger charge is -2.27. The Labute approximate surface area is 120 Å². The van der Waals surface area contributed by atoms with Crippen LogP contribution in [0.15, 0.2) is 11.6 Å². The predicted octanol–water partition coefficient (Wildman–Crippen LogP) is 2.90. The Hall–Kier alpha value is -1.52. The average molecular weight is 283 g/mol. The molecule has 0 unspecified atom stereocenters. The molecule has 0 saturated carbocycles. The van der Waals surface area contributed by atoms with Gasteiger partial charge in [-0.05, 0) is 53.5 Å². The third-order valence-corrected chi connectivity index (χ3v) is 2.87. The van der Waals surface area contributed by atoms with Gasteiger partial charge in [0, 0.05) is 6.54 Å². The van der Waals surface area contributed by atoms with E-state index in [1.807, 2.05) is 40.7 Å². The van der Waals surface area contributed by atoms with Crippen LogP contribution in [0.3, 0.4) is 0 Å². The number of ether oxygens (including phenoxy) is 2. The fraction of sp³-hybridized carbons (Fsp3) is 0.733. The number of nitrogens with zero attached hydrogens (tertiary/aromatic N) is 1. The quantitative estimate of drug-likeness (QED) is 0.590. The second-order valence-electron chi connectivity index (χ2n) is 6.24. The fourth-order valence-corrected chi connectivity index (χ4v) is 1.94. The Morgan fingerprint density at radius 2 is 1.95 bits per heavy atom. The van der Waals surface area contributed by atoms with Crippen molar-refractivity contribution in [2.24, 2.45) is 0 Å². The number of carbonyl (C=O) groups excluding carboxylic acids is 2. The zero-order valence-electron chi connectivity index (χ0n) is 13.1. The Morgan fingerprint density at radius 3 is 2.50 bits per heavy atom. The first-order chi connectivity index (χ1) is 9.20. The van der Waals surface area contributed by atoms with E-state index in [1.54, 1.807) is 0 Å². The normalized spacial score (nSPS) is 18.6. The van der Waals surface area contributed by atoms with E-state index in [4.69, 9.17) is 9.47 Å². The van der Waals surface area contributed by atoms with Gasteiger partial charge >= 0.3 is 12.1 Å². The van der Waals surface area contributed by atoms with Crippen LogP contribution in [0.25, 0.3) is 0 Å². The summed E-state index contributed by atoms with van der Waals surface area (Å²) in [6.45, 7) is 10.1. The molecular weight excluding hydrogens is 258 g/mol. The van der Waals surface area contributed by atoms with Crippen LogP contribution in [0.5, 0.6) is 0 Å². The van der Waals surface area contributed by atoms with Crippen LogP contribution in [-0.2, 0) is 14.3 Å². The lowest BCUT2D eigenvalue weighted by molar-refractivity contribution is -0.147. The molecule has 1 rings (SSSR count). The number of allylic oxidation sites excluding steroid dienone is 1. The number of rotatable bonds is 3. The summed E-state index contributed by atoms with van der Waals surface area (Å²) in [5.41, 5.74) is 0.532. The van der Waals surface area contributed by atoms with Crippen molar-refractivity contribution in [1.82, 2.24) is 4.90 Å². The number of hydrogen-bond acceptors (Lipinski definition) is 4. The Morgan fingerprint density at radius 1 is 1.30 bits per heavy atom. The summed E-state index contributed by atoms with van der Waals surface area (Å²) in [6, 6.07) is -0.518. The van der Waals surface area contributed by atoms with Crippen molar-refractivity contribution in [3.8, 4) is 0 Å². The van der Waals surface area contributed by atoms with E-state index in [2.05, 4.69) is 0 Å². The molecular formula is C15H25NO4. The van der Waals surface area contributed by atoms with Gasteiger partial charge in [-0.1, -0.05) is 5.57 Å².